The van der Waals surface area contributed by atoms with E-state index in [1.807, 2.05) is 39.0 Å². The largest absolute Gasteiger partial charge is 0.490 e. The van der Waals surface area contributed by atoms with Crippen molar-refractivity contribution in [3.63, 3.8) is 0 Å². The molecule has 0 aromatic heterocycles. The lowest BCUT2D eigenvalue weighted by atomic mass is 10.1. The first-order valence-electron chi connectivity index (χ1n) is 8.71. The third-order valence-corrected chi connectivity index (χ3v) is 3.01. The molecule has 0 aliphatic heterocycles. The highest BCUT2D eigenvalue weighted by Gasteiger charge is 2.15. The molecule has 24 heavy (non-hydrogen) atoms. The Kier molecular flexibility index (Phi) is 8.44. The van der Waals surface area contributed by atoms with Crippen molar-refractivity contribution in [3.8, 4) is 11.5 Å². The molecular weight excluding hydrogens is 306 g/mol. The molecule has 0 unspecified atom stereocenters. The first-order valence-corrected chi connectivity index (χ1v) is 8.71. The minimum absolute atomic E-state index is 0.396. The van der Waals surface area contributed by atoms with Crippen LogP contribution < -0.4 is 14.8 Å². The number of nitrogens with one attached hydrogen (secondary N) is 1. The van der Waals surface area contributed by atoms with Crippen molar-refractivity contribution in [2.24, 2.45) is 0 Å². The summed E-state index contributed by atoms with van der Waals surface area (Å²) < 4.78 is 16.7. The van der Waals surface area contributed by atoms with Gasteiger partial charge in [0.05, 0.1) is 13.2 Å². The van der Waals surface area contributed by atoms with Gasteiger partial charge in [0.2, 0.25) is 0 Å². The van der Waals surface area contributed by atoms with E-state index in [1.165, 1.54) is 0 Å². The second kappa shape index (κ2) is 10.1. The summed E-state index contributed by atoms with van der Waals surface area (Å²) in [6.07, 6.45) is 2.20. The van der Waals surface area contributed by atoms with Gasteiger partial charge in [-0.05, 0) is 57.7 Å². The van der Waals surface area contributed by atoms with Gasteiger partial charge >= 0.3 is 6.09 Å². The summed E-state index contributed by atoms with van der Waals surface area (Å²) in [4.78, 5) is 11.7. The molecule has 1 amide bonds. The van der Waals surface area contributed by atoms with Crippen LogP contribution in [0.5, 0.6) is 11.5 Å². The third kappa shape index (κ3) is 8.09. The molecule has 136 valence electrons. The summed E-state index contributed by atoms with van der Waals surface area (Å²) in [6.45, 7) is 11.5. The number of benzene rings is 1. The van der Waals surface area contributed by atoms with E-state index < -0.39 is 11.7 Å². The maximum Gasteiger partial charge on any atom is 0.407 e. The van der Waals surface area contributed by atoms with Gasteiger partial charge in [0, 0.05) is 6.54 Å². The molecule has 0 aliphatic rings. The zero-order chi connectivity index (χ0) is 18.0. The lowest BCUT2D eigenvalue weighted by Crippen LogP contribution is -2.33. The Morgan fingerprint density at radius 3 is 2.25 bits per heavy atom. The van der Waals surface area contributed by atoms with E-state index in [-0.39, 0.29) is 0 Å². The lowest BCUT2D eigenvalue weighted by Gasteiger charge is -2.19. The average Bonchev–Trinajstić information content (AvgIpc) is 2.50. The molecule has 5 nitrogen and oxygen atoms in total. The van der Waals surface area contributed by atoms with Crippen LogP contribution in [-0.4, -0.2) is 31.5 Å². The molecule has 0 aliphatic carbocycles. The molecule has 0 bridgehead atoms. The Morgan fingerprint density at radius 1 is 1.04 bits per heavy atom. The molecule has 0 saturated heterocycles. The molecule has 0 atom stereocenters. The Labute approximate surface area is 145 Å². The summed E-state index contributed by atoms with van der Waals surface area (Å²) in [5, 5.41) is 2.77. The highest BCUT2D eigenvalue weighted by molar-refractivity contribution is 5.67. The fourth-order valence-electron chi connectivity index (χ4n) is 1.99. The van der Waals surface area contributed by atoms with Gasteiger partial charge in [0.1, 0.15) is 5.60 Å². The molecule has 0 spiro atoms. The number of amides is 1. The molecule has 5 heteroatoms. The molecule has 0 saturated carbocycles. The van der Waals surface area contributed by atoms with Crippen LogP contribution >= 0.6 is 0 Å². The lowest BCUT2D eigenvalue weighted by molar-refractivity contribution is 0.0528. The van der Waals surface area contributed by atoms with Gasteiger partial charge in [-0.1, -0.05) is 19.9 Å². The van der Waals surface area contributed by atoms with E-state index in [0.29, 0.717) is 26.2 Å². The maximum atomic E-state index is 11.7. The number of alkyl carbamates (subject to hydrolysis) is 1. The van der Waals surface area contributed by atoms with Crippen LogP contribution in [-0.2, 0) is 11.2 Å². The van der Waals surface area contributed by atoms with Crippen molar-refractivity contribution < 1.29 is 19.0 Å². The topological polar surface area (TPSA) is 56.8 Å². The maximum absolute atomic E-state index is 11.7. The van der Waals surface area contributed by atoms with Crippen LogP contribution in [0.15, 0.2) is 18.2 Å². The zero-order valence-corrected chi connectivity index (χ0v) is 15.6. The van der Waals surface area contributed by atoms with Gasteiger partial charge in [0.15, 0.2) is 11.5 Å². The minimum atomic E-state index is -0.483. The van der Waals surface area contributed by atoms with Gasteiger partial charge in [0.25, 0.3) is 0 Å². The predicted molar refractivity (Wildman–Crippen MR) is 96.0 cm³/mol. The number of hydrogen-bond donors (Lipinski definition) is 1. The summed E-state index contributed by atoms with van der Waals surface area (Å²) in [5.41, 5.74) is 0.602. The molecule has 1 aromatic carbocycles. The number of carbonyl (C=O) groups excluding carboxylic acids is 1. The Bertz CT molecular complexity index is 509. The molecule has 1 aromatic rings. The van der Waals surface area contributed by atoms with Crippen molar-refractivity contribution in [1.29, 1.82) is 0 Å². The molecule has 0 radical (unpaired) electrons. The van der Waals surface area contributed by atoms with Gasteiger partial charge in [-0.25, -0.2) is 4.79 Å². The van der Waals surface area contributed by atoms with E-state index in [1.54, 1.807) is 0 Å². The van der Waals surface area contributed by atoms with Crippen molar-refractivity contribution in [2.45, 2.75) is 59.5 Å². The number of rotatable bonds is 9. The summed E-state index contributed by atoms with van der Waals surface area (Å²) in [6, 6.07) is 5.92. The van der Waals surface area contributed by atoms with Crippen molar-refractivity contribution in [2.75, 3.05) is 19.8 Å². The second-order valence-corrected chi connectivity index (χ2v) is 6.66. The highest BCUT2D eigenvalue weighted by Crippen LogP contribution is 2.29. The average molecular weight is 337 g/mol. The second-order valence-electron chi connectivity index (χ2n) is 6.66. The van der Waals surface area contributed by atoms with Crippen molar-refractivity contribution in [3.05, 3.63) is 23.8 Å². The van der Waals surface area contributed by atoms with Gasteiger partial charge in [-0.3, -0.25) is 0 Å². The van der Waals surface area contributed by atoms with E-state index in [0.717, 1.165) is 29.9 Å². The molecular formula is C19H31NO4. The highest BCUT2D eigenvalue weighted by atomic mass is 16.6. The minimum Gasteiger partial charge on any atom is -0.490 e. The van der Waals surface area contributed by atoms with Crippen LogP contribution in [0.3, 0.4) is 0 Å². The van der Waals surface area contributed by atoms with E-state index in [9.17, 15) is 4.79 Å². The molecule has 1 rings (SSSR count). The van der Waals surface area contributed by atoms with E-state index in [4.69, 9.17) is 14.2 Å². The zero-order valence-electron chi connectivity index (χ0n) is 15.6. The van der Waals surface area contributed by atoms with Crippen LogP contribution in [0.25, 0.3) is 0 Å². The Balaban J connectivity index is 2.59. The fourth-order valence-corrected chi connectivity index (χ4v) is 1.99. The van der Waals surface area contributed by atoms with Crippen molar-refractivity contribution >= 4 is 6.09 Å². The number of carbonyl (C=O) groups is 1. The Morgan fingerprint density at radius 2 is 1.67 bits per heavy atom. The van der Waals surface area contributed by atoms with E-state index >= 15 is 0 Å². The normalized spacial score (nSPS) is 11.0. The predicted octanol–water partition coefficient (Wildman–Crippen LogP) is 4.33. The van der Waals surface area contributed by atoms with Gasteiger partial charge in [-0.15, -0.1) is 0 Å². The molecule has 0 heterocycles. The third-order valence-electron chi connectivity index (χ3n) is 3.01. The first kappa shape index (κ1) is 20.1. The van der Waals surface area contributed by atoms with E-state index in [2.05, 4.69) is 19.2 Å². The van der Waals surface area contributed by atoms with Crippen LogP contribution in [0.4, 0.5) is 4.79 Å². The van der Waals surface area contributed by atoms with Crippen LogP contribution in [0, 0.1) is 0 Å². The molecule has 0 fully saturated rings. The number of ether oxygens (including phenoxy) is 3. The fraction of sp³-hybridized carbons (Fsp3) is 0.632. The standard InChI is InChI=1S/C19H31NO4/c1-6-12-22-16-9-8-15(14-17(16)23-13-7-2)10-11-20-18(21)24-19(3,4)5/h8-9,14H,6-7,10-13H2,1-5H3,(H,20,21). The summed E-state index contributed by atoms with van der Waals surface area (Å²) in [7, 11) is 0. The number of hydrogen-bond acceptors (Lipinski definition) is 4. The smallest absolute Gasteiger partial charge is 0.407 e. The van der Waals surface area contributed by atoms with Gasteiger partial charge in [-0.2, -0.15) is 0 Å². The monoisotopic (exact) mass is 337 g/mol. The Hall–Kier alpha value is -1.91. The van der Waals surface area contributed by atoms with Crippen LogP contribution in [0.1, 0.15) is 53.0 Å². The summed E-state index contributed by atoms with van der Waals surface area (Å²) in [5.74, 6) is 1.54. The first-order chi connectivity index (χ1) is 11.4. The quantitative estimate of drug-likeness (QED) is 0.728. The van der Waals surface area contributed by atoms with Crippen LogP contribution in [0.2, 0.25) is 0 Å². The molecule has 1 N–H and O–H groups in total. The summed E-state index contributed by atoms with van der Waals surface area (Å²) >= 11 is 0. The van der Waals surface area contributed by atoms with Gasteiger partial charge < -0.3 is 19.5 Å². The van der Waals surface area contributed by atoms with Crippen molar-refractivity contribution in [1.82, 2.24) is 5.32 Å². The SMILES string of the molecule is CCCOc1ccc(CCNC(=O)OC(C)(C)C)cc1OCCC.